The van der Waals surface area contributed by atoms with Gasteiger partial charge in [-0.3, -0.25) is 0 Å². The van der Waals surface area contributed by atoms with Crippen LogP contribution in [0.3, 0.4) is 0 Å². The highest BCUT2D eigenvalue weighted by molar-refractivity contribution is 7.13. The first-order valence-electron chi connectivity index (χ1n) is 5.60. The number of methoxy groups -OCH3 is 1. The van der Waals surface area contributed by atoms with E-state index in [2.05, 4.69) is 9.97 Å². The number of nitrogens with zero attached hydrogens (tertiary/aromatic N) is 2. The van der Waals surface area contributed by atoms with E-state index in [9.17, 15) is 18.0 Å². The molecule has 1 N–H and O–H groups in total. The van der Waals surface area contributed by atoms with E-state index in [0.717, 1.165) is 0 Å². The van der Waals surface area contributed by atoms with Crippen LogP contribution >= 0.6 is 11.3 Å². The summed E-state index contributed by atoms with van der Waals surface area (Å²) < 4.78 is 43.0. The van der Waals surface area contributed by atoms with E-state index in [1.165, 1.54) is 13.3 Å². The Labute approximate surface area is 121 Å². The van der Waals surface area contributed by atoms with Gasteiger partial charge in [0, 0.05) is 18.7 Å². The lowest BCUT2D eigenvalue weighted by atomic mass is 10.2. The van der Waals surface area contributed by atoms with Gasteiger partial charge in [-0.1, -0.05) is 6.07 Å². The molecule has 0 aromatic carbocycles. The van der Waals surface area contributed by atoms with Gasteiger partial charge in [0.1, 0.15) is 4.88 Å². The van der Waals surface area contributed by atoms with Crippen molar-refractivity contribution in [3.8, 4) is 5.88 Å². The third-order valence-electron chi connectivity index (χ3n) is 2.50. The maximum absolute atomic E-state index is 12.7. The number of hydrogen-bond acceptors (Lipinski definition) is 5. The Hall–Kier alpha value is -2.16. The number of carbonyl (C=O) groups is 1. The number of ether oxygens (including phenoxy) is 1. The lowest BCUT2D eigenvalue weighted by Crippen LogP contribution is -2.11. The van der Waals surface area contributed by atoms with Gasteiger partial charge in [-0.2, -0.15) is 13.2 Å². The molecule has 21 heavy (non-hydrogen) atoms. The van der Waals surface area contributed by atoms with E-state index in [-0.39, 0.29) is 11.4 Å². The molecular formula is C12H9F3N2O3S. The van der Waals surface area contributed by atoms with E-state index in [1.54, 1.807) is 12.1 Å². The summed E-state index contributed by atoms with van der Waals surface area (Å²) in [4.78, 5) is 17.4. The Bertz CT molecular complexity index is 653. The van der Waals surface area contributed by atoms with E-state index >= 15 is 0 Å². The molecule has 0 unspecified atom stereocenters. The van der Waals surface area contributed by atoms with Gasteiger partial charge >= 0.3 is 12.1 Å². The van der Waals surface area contributed by atoms with Crippen LogP contribution in [0.2, 0.25) is 0 Å². The SMILES string of the molecule is COc1ccc(Cc2nc(C(F)(F)F)c(C(=O)O)s2)cn1. The fourth-order valence-electron chi connectivity index (χ4n) is 1.59. The number of thiazole rings is 1. The van der Waals surface area contributed by atoms with Crippen molar-refractivity contribution in [2.75, 3.05) is 7.11 Å². The normalized spacial score (nSPS) is 11.4. The highest BCUT2D eigenvalue weighted by Gasteiger charge is 2.39. The standard InChI is InChI=1S/C12H9F3N2O3S/c1-20-7-3-2-6(5-16-7)4-8-17-10(12(13,14)15)9(21-8)11(18)19/h2-3,5H,4H2,1H3,(H,18,19). The Morgan fingerprint density at radius 3 is 2.57 bits per heavy atom. The molecule has 2 heterocycles. The average Bonchev–Trinajstić information content (AvgIpc) is 2.84. The Balaban J connectivity index is 2.30. The fraction of sp³-hybridized carbons (Fsp3) is 0.250. The van der Waals surface area contributed by atoms with Crippen molar-refractivity contribution in [1.29, 1.82) is 0 Å². The summed E-state index contributed by atoms with van der Waals surface area (Å²) >= 11 is 0.510. The van der Waals surface area contributed by atoms with Gasteiger partial charge in [-0.15, -0.1) is 11.3 Å². The van der Waals surface area contributed by atoms with E-state index in [1.807, 2.05) is 0 Å². The number of aromatic nitrogens is 2. The summed E-state index contributed by atoms with van der Waals surface area (Å²) in [6.07, 6.45) is -3.29. The number of alkyl halides is 3. The summed E-state index contributed by atoms with van der Waals surface area (Å²) in [6.45, 7) is 0. The van der Waals surface area contributed by atoms with Crippen molar-refractivity contribution in [2.24, 2.45) is 0 Å². The zero-order valence-electron chi connectivity index (χ0n) is 10.6. The summed E-state index contributed by atoms with van der Waals surface area (Å²) in [7, 11) is 1.44. The van der Waals surface area contributed by atoms with Crippen LogP contribution in [0.4, 0.5) is 13.2 Å². The molecule has 9 heteroatoms. The third-order valence-corrected chi connectivity index (χ3v) is 3.54. The fourth-order valence-corrected chi connectivity index (χ4v) is 2.54. The van der Waals surface area contributed by atoms with Gasteiger partial charge in [0.15, 0.2) is 5.69 Å². The Morgan fingerprint density at radius 1 is 1.43 bits per heavy atom. The highest BCUT2D eigenvalue weighted by Crippen LogP contribution is 2.34. The summed E-state index contributed by atoms with van der Waals surface area (Å²) in [5.74, 6) is -1.26. The van der Waals surface area contributed by atoms with Gasteiger partial charge in [0.2, 0.25) is 5.88 Å². The predicted octanol–water partition coefficient (Wildman–Crippen LogP) is 2.85. The lowest BCUT2D eigenvalue weighted by Gasteiger charge is -2.02. The summed E-state index contributed by atoms with van der Waals surface area (Å²) in [5.41, 5.74) is -0.758. The van der Waals surface area contributed by atoms with Gasteiger partial charge in [-0.25, -0.2) is 14.8 Å². The minimum absolute atomic E-state index is 0.0618. The van der Waals surface area contributed by atoms with Crippen molar-refractivity contribution in [1.82, 2.24) is 9.97 Å². The van der Waals surface area contributed by atoms with Crippen LogP contribution in [0, 0.1) is 0 Å². The topological polar surface area (TPSA) is 72.3 Å². The van der Waals surface area contributed by atoms with E-state index in [4.69, 9.17) is 9.84 Å². The molecule has 5 nitrogen and oxygen atoms in total. The molecule has 0 saturated heterocycles. The molecule has 0 aliphatic heterocycles. The summed E-state index contributed by atoms with van der Waals surface area (Å²) in [5, 5.41) is 8.88. The molecular weight excluding hydrogens is 309 g/mol. The molecule has 2 aromatic rings. The molecule has 0 radical (unpaired) electrons. The molecule has 0 fully saturated rings. The largest absolute Gasteiger partial charge is 0.481 e. The second-order valence-corrected chi connectivity index (χ2v) is 5.06. The molecule has 2 aromatic heterocycles. The van der Waals surface area contributed by atoms with Crippen molar-refractivity contribution in [3.05, 3.63) is 39.5 Å². The van der Waals surface area contributed by atoms with Crippen molar-refractivity contribution >= 4 is 17.3 Å². The first-order chi connectivity index (χ1) is 9.81. The van der Waals surface area contributed by atoms with Crippen LogP contribution in [0.15, 0.2) is 18.3 Å². The Kier molecular flexibility index (Phi) is 4.12. The number of carboxylic acid groups (broad SMARTS) is 1. The quantitative estimate of drug-likeness (QED) is 0.938. The number of aromatic carboxylic acids is 1. The third kappa shape index (κ3) is 3.48. The second-order valence-electron chi connectivity index (χ2n) is 3.97. The molecule has 2 rings (SSSR count). The van der Waals surface area contributed by atoms with Crippen LogP contribution < -0.4 is 4.74 Å². The lowest BCUT2D eigenvalue weighted by molar-refractivity contribution is -0.141. The van der Waals surface area contributed by atoms with Crippen LogP contribution in [-0.2, 0) is 12.6 Å². The maximum atomic E-state index is 12.7. The number of pyridine rings is 1. The van der Waals surface area contributed by atoms with E-state index in [0.29, 0.717) is 22.8 Å². The van der Waals surface area contributed by atoms with Crippen molar-refractivity contribution in [2.45, 2.75) is 12.6 Å². The minimum Gasteiger partial charge on any atom is -0.481 e. The van der Waals surface area contributed by atoms with Crippen LogP contribution in [-0.4, -0.2) is 28.2 Å². The van der Waals surface area contributed by atoms with Gasteiger partial charge in [0.05, 0.1) is 12.1 Å². The minimum atomic E-state index is -4.79. The molecule has 0 amide bonds. The number of halogens is 3. The number of hydrogen-bond donors (Lipinski definition) is 1. The number of rotatable bonds is 4. The van der Waals surface area contributed by atoms with Crippen LogP contribution in [0.1, 0.15) is 25.9 Å². The van der Waals surface area contributed by atoms with Crippen molar-refractivity contribution in [3.63, 3.8) is 0 Å². The summed E-state index contributed by atoms with van der Waals surface area (Å²) in [6, 6.07) is 3.19. The van der Waals surface area contributed by atoms with Gasteiger partial charge < -0.3 is 9.84 Å². The van der Waals surface area contributed by atoms with Crippen molar-refractivity contribution < 1.29 is 27.8 Å². The zero-order chi connectivity index (χ0) is 15.6. The molecule has 0 spiro atoms. The molecule has 0 atom stereocenters. The maximum Gasteiger partial charge on any atom is 0.435 e. The smallest absolute Gasteiger partial charge is 0.435 e. The first-order valence-corrected chi connectivity index (χ1v) is 6.42. The van der Waals surface area contributed by atoms with E-state index < -0.39 is 22.7 Å². The second kappa shape index (κ2) is 5.68. The molecule has 0 aliphatic rings. The average molecular weight is 318 g/mol. The monoisotopic (exact) mass is 318 g/mol. The predicted molar refractivity (Wildman–Crippen MR) is 67.7 cm³/mol. The highest BCUT2D eigenvalue weighted by atomic mass is 32.1. The Morgan fingerprint density at radius 2 is 2.14 bits per heavy atom. The zero-order valence-corrected chi connectivity index (χ0v) is 11.5. The molecule has 112 valence electrons. The van der Waals surface area contributed by atoms with Gasteiger partial charge in [-0.05, 0) is 5.56 Å². The molecule has 0 bridgehead atoms. The first kappa shape index (κ1) is 15.2. The van der Waals surface area contributed by atoms with Crippen LogP contribution in [0.25, 0.3) is 0 Å². The van der Waals surface area contributed by atoms with Gasteiger partial charge in [0.25, 0.3) is 0 Å². The number of carboxylic acids is 1. The molecule has 0 saturated carbocycles. The van der Waals surface area contributed by atoms with Crippen LogP contribution in [0.5, 0.6) is 5.88 Å². The molecule has 0 aliphatic carbocycles.